The van der Waals surface area contributed by atoms with Crippen LogP contribution in [0.15, 0.2) is 18.2 Å². The largest absolute Gasteiger partial charge is 0.496 e. The van der Waals surface area contributed by atoms with Crippen molar-refractivity contribution in [2.75, 3.05) is 13.7 Å². The number of halogens is 1. The van der Waals surface area contributed by atoms with Crippen molar-refractivity contribution >= 4 is 15.9 Å². The summed E-state index contributed by atoms with van der Waals surface area (Å²) in [4.78, 5) is 0.291. The predicted octanol–water partition coefficient (Wildman–Crippen LogP) is 3.62. The molecule has 1 saturated heterocycles. The Kier molecular flexibility index (Phi) is 3.87. The van der Waals surface area contributed by atoms with Gasteiger partial charge in [0.1, 0.15) is 5.75 Å². The molecular formula is C13H17BrO2. The van der Waals surface area contributed by atoms with Gasteiger partial charge < -0.3 is 9.47 Å². The molecule has 2 rings (SSSR count). The lowest BCUT2D eigenvalue weighted by molar-refractivity contribution is 0.110. The number of methoxy groups -OCH3 is 1. The van der Waals surface area contributed by atoms with Gasteiger partial charge in [-0.2, -0.15) is 0 Å². The quantitative estimate of drug-likeness (QED) is 0.790. The molecule has 0 spiro atoms. The zero-order valence-corrected chi connectivity index (χ0v) is 11.3. The molecule has 16 heavy (non-hydrogen) atoms. The van der Waals surface area contributed by atoms with E-state index in [0.29, 0.717) is 10.9 Å². The van der Waals surface area contributed by atoms with Gasteiger partial charge in [-0.25, -0.2) is 0 Å². The molecule has 0 aromatic heterocycles. The monoisotopic (exact) mass is 284 g/mol. The Bertz CT molecular complexity index is 359. The zero-order valence-electron chi connectivity index (χ0n) is 9.70. The third kappa shape index (κ3) is 2.41. The van der Waals surface area contributed by atoms with Crippen LogP contribution in [0.5, 0.6) is 5.75 Å². The lowest BCUT2D eigenvalue weighted by Crippen LogP contribution is -2.12. The molecule has 0 amide bonds. The molecule has 3 heteroatoms. The topological polar surface area (TPSA) is 18.5 Å². The van der Waals surface area contributed by atoms with Gasteiger partial charge in [0.15, 0.2) is 0 Å². The Morgan fingerprint density at radius 1 is 1.50 bits per heavy atom. The molecule has 0 aliphatic carbocycles. The van der Waals surface area contributed by atoms with Crippen molar-refractivity contribution < 1.29 is 9.47 Å². The highest BCUT2D eigenvalue weighted by atomic mass is 79.9. The summed E-state index contributed by atoms with van der Waals surface area (Å²) in [7, 11) is 1.70. The number of ether oxygens (including phenoxy) is 2. The molecule has 0 saturated carbocycles. The van der Waals surface area contributed by atoms with Crippen molar-refractivity contribution in [2.45, 2.75) is 30.7 Å². The Hall–Kier alpha value is -0.540. The number of hydrogen-bond acceptors (Lipinski definition) is 2. The van der Waals surface area contributed by atoms with Crippen LogP contribution in [-0.4, -0.2) is 19.8 Å². The lowest BCUT2D eigenvalue weighted by atomic mass is 10.0. The van der Waals surface area contributed by atoms with E-state index in [-0.39, 0.29) is 0 Å². The minimum Gasteiger partial charge on any atom is -0.496 e. The first-order chi connectivity index (χ1) is 7.72. The number of benzene rings is 1. The summed E-state index contributed by atoms with van der Waals surface area (Å²) >= 11 is 3.73. The van der Waals surface area contributed by atoms with E-state index < -0.39 is 0 Å². The SMILES string of the molecule is COc1ccc(C(Br)C2CCCO2)cc1C. The van der Waals surface area contributed by atoms with E-state index in [0.717, 1.165) is 18.8 Å². The molecule has 2 nitrogen and oxygen atoms in total. The van der Waals surface area contributed by atoms with Crippen LogP contribution < -0.4 is 4.74 Å². The highest BCUT2D eigenvalue weighted by Crippen LogP contribution is 2.35. The zero-order chi connectivity index (χ0) is 11.5. The van der Waals surface area contributed by atoms with Crippen LogP contribution in [0.4, 0.5) is 0 Å². The van der Waals surface area contributed by atoms with E-state index >= 15 is 0 Å². The summed E-state index contributed by atoms with van der Waals surface area (Å²) in [5.41, 5.74) is 2.44. The van der Waals surface area contributed by atoms with Gasteiger partial charge in [0.05, 0.1) is 18.0 Å². The summed E-state index contributed by atoms with van der Waals surface area (Å²) in [5, 5.41) is 0. The maximum Gasteiger partial charge on any atom is 0.121 e. The summed E-state index contributed by atoms with van der Waals surface area (Å²) in [6.07, 6.45) is 2.62. The third-order valence-electron chi connectivity index (χ3n) is 3.03. The van der Waals surface area contributed by atoms with Crippen molar-refractivity contribution in [3.63, 3.8) is 0 Å². The molecule has 1 heterocycles. The van der Waals surface area contributed by atoms with Gasteiger partial charge in [-0.3, -0.25) is 0 Å². The fourth-order valence-corrected chi connectivity index (χ4v) is 2.82. The van der Waals surface area contributed by atoms with Gasteiger partial charge >= 0.3 is 0 Å². The first-order valence-corrected chi connectivity index (χ1v) is 6.54. The highest BCUT2D eigenvalue weighted by Gasteiger charge is 2.25. The first kappa shape index (κ1) is 11.9. The molecule has 1 aromatic carbocycles. The Morgan fingerprint density at radius 2 is 2.31 bits per heavy atom. The predicted molar refractivity (Wildman–Crippen MR) is 68.4 cm³/mol. The molecular weight excluding hydrogens is 268 g/mol. The molecule has 0 N–H and O–H groups in total. The van der Waals surface area contributed by atoms with Gasteiger partial charge in [-0.1, -0.05) is 28.1 Å². The van der Waals surface area contributed by atoms with Gasteiger partial charge in [0.25, 0.3) is 0 Å². The average molecular weight is 285 g/mol. The van der Waals surface area contributed by atoms with Gasteiger partial charge in [0, 0.05) is 6.61 Å². The van der Waals surface area contributed by atoms with Crippen LogP contribution in [0.3, 0.4) is 0 Å². The Balaban J connectivity index is 2.16. The third-order valence-corrected chi connectivity index (χ3v) is 4.15. The van der Waals surface area contributed by atoms with Crippen LogP contribution in [-0.2, 0) is 4.74 Å². The lowest BCUT2D eigenvalue weighted by Gasteiger charge is -2.18. The second-order valence-electron chi connectivity index (χ2n) is 4.18. The van der Waals surface area contributed by atoms with E-state index in [1.165, 1.54) is 17.5 Å². The van der Waals surface area contributed by atoms with Gasteiger partial charge in [0.2, 0.25) is 0 Å². The molecule has 2 unspecified atom stereocenters. The second kappa shape index (κ2) is 5.19. The van der Waals surface area contributed by atoms with Crippen molar-refractivity contribution in [3.8, 4) is 5.75 Å². The average Bonchev–Trinajstić information content (AvgIpc) is 2.81. The normalized spacial score (nSPS) is 22.1. The number of hydrogen-bond donors (Lipinski definition) is 0. The maximum absolute atomic E-state index is 5.69. The standard InChI is InChI=1S/C13H17BrO2/c1-9-8-10(5-6-11(9)15-2)13(14)12-4-3-7-16-12/h5-6,8,12-13H,3-4,7H2,1-2H3. The van der Waals surface area contributed by atoms with Crippen LogP contribution in [0.2, 0.25) is 0 Å². The van der Waals surface area contributed by atoms with E-state index in [2.05, 4.69) is 35.0 Å². The van der Waals surface area contributed by atoms with E-state index in [1.807, 2.05) is 6.07 Å². The van der Waals surface area contributed by atoms with Crippen molar-refractivity contribution in [1.82, 2.24) is 0 Å². The smallest absolute Gasteiger partial charge is 0.121 e. The van der Waals surface area contributed by atoms with Crippen molar-refractivity contribution in [3.05, 3.63) is 29.3 Å². The fraction of sp³-hybridized carbons (Fsp3) is 0.538. The van der Waals surface area contributed by atoms with Crippen LogP contribution >= 0.6 is 15.9 Å². The van der Waals surface area contributed by atoms with Crippen molar-refractivity contribution in [1.29, 1.82) is 0 Å². The van der Waals surface area contributed by atoms with E-state index in [4.69, 9.17) is 9.47 Å². The summed E-state index contributed by atoms with van der Waals surface area (Å²) < 4.78 is 10.9. The summed E-state index contributed by atoms with van der Waals surface area (Å²) in [6, 6.07) is 6.29. The highest BCUT2D eigenvalue weighted by molar-refractivity contribution is 9.09. The van der Waals surface area contributed by atoms with Crippen LogP contribution in [0.25, 0.3) is 0 Å². The fourth-order valence-electron chi connectivity index (χ4n) is 2.12. The van der Waals surface area contributed by atoms with Crippen LogP contribution in [0.1, 0.15) is 28.8 Å². The molecule has 0 bridgehead atoms. The van der Waals surface area contributed by atoms with Gasteiger partial charge in [-0.15, -0.1) is 0 Å². The molecule has 0 radical (unpaired) electrons. The molecule has 1 aromatic rings. The number of rotatable bonds is 3. The molecule has 1 aliphatic rings. The molecule has 1 fully saturated rings. The van der Waals surface area contributed by atoms with Crippen molar-refractivity contribution in [2.24, 2.45) is 0 Å². The summed E-state index contributed by atoms with van der Waals surface area (Å²) in [5.74, 6) is 0.941. The minimum atomic E-state index is 0.291. The molecule has 2 atom stereocenters. The molecule has 1 aliphatic heterocycles. The minimum absolute atomic E-state index is 0.291. The number of aryl methyl sites for hydroxylation is 1. The number of alkyl halides is 1. The summed E-state index contributed by atoms with van der Waals surface area (Å²) in [6.45, 7) is 2.96. The van der Waals surface area contributed by atoms with E-state index in [1.54, 1.807) is 7.11 Å². The van der Waals surface area contributed by atoms with Gasteiger partial charge in [-0.05, 0) is 37.0 Å². The van der Waals surface area contributed by atoms with Crippen LogP contribution in [0, 0.1) is 6.92 Å². The Labute approximate surface area is 105 Å². The Morgan fingerprint density at radius 3 is 2.88 bits per heavy atom. The second-order valence-corrected chi connectivity index (χ2v) is 5.17. The first-order valence-electron chi connectivity index (χ1n) is 5.62. The van der Waals surface area contributed by atoms with E-state index in [9.17, 15) is 0 Å². The molecule has 88 valence electrons. The maximum atomic E-state index is 5.69.